The molecule has 0 aliphatic carbocycles. The van der Waals surface area contributed by atoms with Crippen LogP contribution in [0.5, 0.6) is 0 Å². The summed E-state index contributed by atoms with van der Waals surface area (Å²) in [5, 5.41) is 18.7. The topological polar surface area (TPSA) is 216 Å². The Bertz CT molecular complexity index is 558. The van der Waals surface area contributed by atoms with Crippen LogP contribution < -0.4 is 0 Å². The average molecular weight is 407 g/mol. The highest BCUT2D eigenvalue weighted by atomic mass is 31.2. The molecule has 0 saturated carbocycles. The Labute approximate surface area is 142 Å². The summed E-state index contributed by atoms with van der Waals surface area (Å²) in [5.74, 6) is -3.46. The third kappa shape index (κ3) is 8.27. The number of ketones is 1. The van der Waals surface area contributed by atoms with Crippen LogP contribution in [0.4, 0.5) is 0 Å². The van der Waals surface area contributed by atoms with Gasteiger partial charge in [0.25, 0.3) is 0 Å². The molecule has 0 aliphatic rings. The van der Waals surface area contributed by atoms with Crippen molar-refractivity contribution in [1.82, 2.24) is 10.1 Å². The van der Waals surface area contributed by atoms with Crippen molar-refractivity contribution in [2.24, 2.45) is 0 Å². The molecular weight excluding hydrogens is 386 g/mol. The molecule has 2 amide bonds. The lowest BCUT2D eigenvalue weighted by atomic mass is 10.1. The normalized spacial score (nSPS) is 14.6. The molecule has 0 heterocycles. The predicted octanol–water partition coefficient (Wildman–Crippen LogP) is -1.92. The van der Waals surface area contributed by atoms with Crippen LogP contribution in [0.2, 0.25) is 0 Å². The van der Waals surface area contributed by atoms with E-state index in [1.54, 1.807) is 0 Å². The van der Waals surface area contributed by atoms with Gasteiger partial charge < -0.3 is 9.79 Å². The van der Waals surface area contributed by atoms with E-state index in [0.717, 1.165) is 13.8 Å². The molecule has 0 spiro atoms. The second-order valence-electron chi connectivity index (χ2n) is 5.21. The van der Waals surface area contributed by atoms with Crippen molar-refractivity contribution < 1.29 is 53.8 Å². The van der Waals surface area contributed by atoms with E-state index in [0.29, 0.717) is 0 Å². The average Bonchev–Trinajstić information content (AvgIpc) is 2.39. The Morgan fingerprint density at radius 1 is 1.04 bits per heavy atom. The number of hydrogen-bond acceptors (Lipinski definition) is 9. The predicted molar refractivity (Wildman–Crippen MR) is 81.2 cm³/mol. The van der Waals surface area contributed by atoms with Crippen molar-refractivity contribution in [2.75, 3.05) is 12.7 Å². The zero-order valence-electron chi connectivity index (χ0n) is 13.3. The van der Waals surface area contributed by atoms with E-state index in [4.69, 9.17) is 9.79 Å². The van der Waals surface area contributed by atoms with E-state index < -0.39 is 64.0 Å². The molecule has 2 atom stereocenters. The van der Waals surface area contributed by atoms with Crippen LogP contribution in [0.25, 0.3) is 0 Å². The summed E-state index contributed by atoms with van der Waals surface area (Å²) in [6.07, 6.45) is -1.74. The largest absolute Gasteiger partial charge is 0.417 e. The van der Waals surface area contributed by atoms with Crippen LogP contribution in [0.15, 0.2) is 0 Å². The maximum absolute atomic E-state index is 12.1. The molecule has 7 N–H and O–H groups in total. The fourth-order valence-electron chi connectivity index (χ4n) is 1.94. The number of amides is 2. The lowest BCUT2D eigenvalue weighted by molar-refractivity contribution is -0.176. The first kappa shape index (κ1) is 24.0. The molecule has 0 aliphatic heterocycles. The Kier molecular flexibility index (Phi) is 8.71. The number of rotatable bonds is 9. The quantitative estimate of drug-likeness (QED) is 0.127. The van der Waals surface area contributed by atoms with Gasteiger partial charge in [0, 0.05) is 13.8 Å². The molecule has 0 radical (unpaired) electrons. The third-order valence-corrected chi connectivity index (χ3v) is 5.31. The van der Waals surface area contributed by atoms with Gasteiger partial charge in [-0.2, -0.15) is 14.7 Å². The molecule has 146 valence electrons. The molecule has 0 fully saturated rings. The lowest BCUT2D eigenvalue weighted by Gasteiger charge is -2.30. The monoisotopic (exact) mass is 407 g/mol. The van der Waals surface area contributed by atoms with Crippen LogP contribution in [-0.2, 0) is 18.9 Å². The van der Waals surface area contributed by atoms with E-state index >= 15 is 0 Å². The minimum Gasteiger partial charge on any atom is -0.324 e. The van der Waals surface area contributed by atoms with Crippen molar-refractivity contribution in [3.8, 4) is 0 Å². The fourth-order valence-corrected chi connectivity index (χ4v) is 3.74. The van der Waals surface area contributed by atoms with Gasteiger partial charge in [0.15, 0.2) is 0 Å². The van der Waals surface area contributed by atoms with Gasteiger partial charge in [-0.15, -0.1) is 0 Å². The van der Waals surface area contributed by atoms with Gasteiger partial charge in [-0.3, -0.25) is 29.4 Å². The van der Waals surface area contributed by atoms with E-state index in [1.807, 2.05) is 0 Å². The molecule has 15 heteroatoms. The number of hydroxylamine groups is 4. The summed E-state index contributed by atoms with van der Waals surface area (Å²) in [7, 11) is -9.77. The van der Waals surface area contributed by atoms with E-state index in [1.165, 1.54) is 0 Å². The van der Waals surface area contributed by atoms with Crippen molar-refractivity contribution in [1.29, 1.82) is 0 Å². The highest BCUT2D eigenvalue weighted by Crippen LogP contribution is 2.53. The summed E-state index contributed by atoms with van der Waals surface area (Å²) < 4.78 is 11.0. The summed E-state index contributed by atoms with van der Waals surface area (Å²) in [4.78, 5) is 80.7. The second-order valence-corrected chi connectivity index (χ2v) is 8.77. The zero-order valence-corrected chi connectivity index (χ0v) is 15.1. The molecule has 0 aromatic rings. The number of nitrogens with zero attached hydrogens (tertiary/aromatic N) is 2. The minimum absolute atomic E-state index is 0.111. The number of hydrogen-bond donors (Lipinski definition) is 7. The van der Waals surface area contributed by atoms with Gasteiger partial charge >= 0.3 is 15.5 Å². The molecule has 0 aromatic carbocycles. The molecule has 0 saturated heterocycles. The highest BCUT2D eigenvalue weighted by molar-refractivity contribution is 7.60. The van der Waals surface area contributed by atoms with Crippen molar-refractivity contribution in [3.05, 3.63) is 0 Å². The SMILES string of the molecule is CC(=O)N(O)CC(=O)C(C(CCP(=O)(O)O)N(O)C(C)=O)[P+](O)(O)O. The maximum Gasteiger partial charge on any atom is 0.417 e. The molecule has 0 bridgehead atoms. The van der Waals surface area contributed by atoms with Crippen LogP contribution in [-0.4, -0.2) is 87.0 Å². The summed E-state index contributed by atoms with van der Waals surface area (Å²) in [6, 6.07) is -1.92. The molecular formula is C10H21N2O11P2+. The highest BCUT2D eigenvalue weighted by Gasteiger charge is 2.55. The van der Waals surface area contributed by atoms with E-state index in [2.05, 4.69) is 0 Å². The first-order valence-corrected chi connectivity index (χ1v) is 10.2. The minimum atomic E-state index is -5.11. The third-order valence-electron chi connectivity index (χ3n) is 3.09. The van der Waals surface area contributed by atoms with Crippen molar-refractivity contribution in [3.63, 3.8) is 0 Å². The summed E-state index contributed by atoms with van der Waals surface area (Å²) in [5.41, 5.74) is -2.30. The van der Waals surface area contributed by atoms with Gasteiger partial charge in [-0.1, -0.05) is 0 Å². The summed E-state index contributed by atoms with van der Waals surface area (Å²) in [6.45, 7) is 0.564. The molecule has 0 rings (SSSR count). The van der Waals surface area contributed by atoms with Crippen LogP contribution in [0, 0.1) is 0 Å². The van der Waals surface area contributed by atoms with Gasteiger partial charge in [0.05, 0.1) is 6.16 Å². The van der Waals surface area contributed by atoms with E-state index in [-0.39, 0.29) is 10.1 Å². The van der Waals surface area contributed by atoms with Crippen LogP contribution >= 0.6 is 15.5 Å². The Hall–Kier alpha value is -1.01. The molecule has 2 unspecified atom stereocenters. The van der Waals surface area contributed by atoms with Gasteiger partial charge in [0.1, 0.15) is 12.6 Å². The van der Waals surface area contributed by atoms with Gasteiger partial charge in [0.2, 0.25) is 23.3 Å². The van der Waals surface area contributed by atoms with Crippen LogP contribution in [0.1, 0.15) is 20.3 Å². The van der Waals surface area contributed by atoms with Crippen LogP contribution in [0.3, 0.4) is 0 Å². The Morgan fingerprint density at radius 2 is 1.52 bits per heavy atom. The second kappa shape index (κ2) is 9.08. The number of Topliss-reactive ketones (excluding diaryl/α,β-unsaturated/α-hetero) is 1. The van der Waals surface area contributed by atoms with Gasteiger partial charge in [-0.25, -0.2) is 10.1 Å². The first-order valence-electron chi connectivity index (χ1n) is 6.67. The fraction of sp³-hybridized carbons (Fsp3) is 0.700. The smallest absolute Gasteiger partial charge is 0.324 e. The lowest BCUT2D eigenvalue weighted by Crippen LogP contribution is -2.51. The first-order chi connectivity index (χ1) is 11.1. The number of carbonyl (C=O) groups excluding carboxylic acids is 3. The summed E-state index contributed by atoms with van der Waals surface area (Å²) >= 11 is 0. The van der Waals surface area contributed by atoms with E-state index in [9.17, 15) is 44.0 Å². The van der Waals surface area contributed by atoms with Gasteiger partial charge in [-0.05, 0) is 6.42 Å². The number of carbonyl (C=O) groups is 3. The zero-order chi connectivity index (χ0) is 20.2. The molecule has 13 nitrogen and oxygen atoms in total. The Morgan fingerprint density at radius 3 is 1.84 bits per heavy atom. The van der Waals surface area contributed by atoms with Crippen molar-refractivity contribution in [2.45, 2.75) is 32.0 Å². The van der Waals surface area contributed by atoms with Crippen molar-refractivity contribution >= 4 is 33.1 Å². The standard InChI is InChI=1S/C10H20N2O11P2/c1-6(13)11(16)5-9(15)10(25(21,22)23)8(12(17)7(2)14)3-4-24(18,19)20/h8,10,16-17,21-23H,3-5H2,1-2H3,(H-,18,19,20)/p+1. The maximum atomic E-state index is 12.1. The molecule has 0 aromatic heterocycles. The Balaban J connectivity index is 5.76. The molecule has 25 heavy (non-hydrogen) atoms.